The van der Waals surface area contributed by atoms with Gasteiger partial charge in [-0.2, -0.15) is 0 Å². The molecule has 0 aliphatic carbocycles. The van der Waals surface area contributed by atoms with Crippen molar-refractivity contribution in [3.63, 3.8) is 0 Å². The molecule has 21 heavy (non-hydrogen) atoms. The number of aliphatic hydroxyl groups is 1. The monoisotopic (exact) mass is 288 g/mol. The van der Waals surface area contributed by atoms with Crippen LogP contribution in [0, 0.1) is 5.82 Å². The molecule has 0 radical (unpaired) electrons. The Kier molecular flexibility index (Phi) is 4.55. The first kappa shape index (κ1) is 15.0. The van der Waals surface area contributed by atoms with E-state index in [-0.39, 0.29) is 12.4 Å². The summed E-state index contributed by atoms with van der Waals surface area (Å²) >= 11 is 0. The van der Waals surface area contributed by atoms with E-state index in [2.05, 4.69) is 10.6 Å². The van der Waals surface area contributed by atoms with Gasteiger partial charge < -0.3 is 15.7 Å². The molecule has 2 amide bonds. The Balaban J connectivity index is 1.92. The van der Waals surface area contributed by atoms with E-state index in [1.807, 2.05) is 18.2 Å². The Morgan fingerprint density at radius 3 is 2.38 bits per heavy atom. The van der Waals surface area contributed by atoms with Crippen molar-refractivity contribution in [2.24, 2.45) is 0 Å². The second-order valence-corrected chi connectivity index (χ2v) is 4.95. The lowest BCUT2D eigenvalue weighted by molar-refractivity contribution is 0.0599. The zero-order valence-corrected chi connectivity index (χ0v) is 11.6. The van der Waals surface area contributed by atoms with Gasteiger partial charge in [-0.05, 0) is 36.8 Å². The molecule has 5 heteroatoms. The van der Waals surface area contributed by atoms with Crippen LogP contribution in [0.3, 0.4) is 0 Å². The van der Waals surface area contributed by atoms with Crippen LogP contribution in [0.1, 0.15) is 12.5 Å². The number of halogens is 1. The summed E-state index contributed by atoms with van der Waals surface area (Å²) in [6, 6.07) is 14.1. The lowest BCUT2D eigenvalue weighted by Gasteiger charge is -2.24. The number of hydrogen-bond acceptors (Lipinski definition) is 2. The molecule has 0 aliphatic heterocycles. The Morgan fingerprint density at radius 2 is 1.76 bits per heavy atom. The van der Waals surface area contributed by atoms with Gasteiger partial charge in [0.1, 0.15) is 11.4 Å². The van der Waals surface area contributed by atoms with Crippen LogP contribution in [-0.2, 0) is 5.60 Å². The van der Waals surface area contributed by atoms with E-state index < -0.39 is 11.6 Å². The molecule has 1 unspecified atom stereocenters. The molecule has 4 nitrogen and oxygen atoms in total. The van der Waals surface area contributed by atoms with Gasteiger partial charge in [-0.15, -0.1) is 0 Å². The highest BCUT2D eigenvalue weighted by atomic mass is 19.1. The van der Waals surface area contributed by atoms with E-state index in [1.54, 1.807) is 19.1 Å². The number of para-hydroxylation sites is 1. The number of hydrogen-bond donors (Lipinski definition) is 3. The predicted octanol–water partition coefficient (Wildman–Crippen LogP) is 2.85. The van der Waals surface area contributed by atoms with Crippen LogP contribution in [0.15, 0.2) is 54.6 Å². The first-order chi connectivity index (χ1) is 9.97. The normalized spacial score (nSPS) is 13.3. The quantitative estimate of drug-likeness (QED) is 0.810. The number of benzene rings is 2. The van der Waals surface area contributed by atoms with Gasteiger partial charge in [0.25, 0.3) is 0 Å². The van der Waals surface area contributed by atoms with Gasteiger partial charge in [0.15, 0.2) is 0 Å². The van der Waals surface area contributed by atoms with E-state index >= 15 is 0 Å². The average Bonchev–Trinajstić information content (AvgIpc) is 2.47. The lowest BCUT2D eigenvalue weighted by atomic mass is 9.96. The number of carbonyl (C=O) groups excluding carboxylic acids is 1. The number of rotatable bonds is 4. The summed E-state index contributed by atoms with van der Waals surface area (Å²) in [6.45, 7) is 1.57. The topological polar surface area (TPSA) is 61.4 Å². The van der Waals surface area contributed by atoms with Crippen LogP contribution in [0.5, 0.6) is 0 Å². The maximum Gasteiger partial charge on any atom is 0.319 e. The fourth-order valence-electron chi connectivity index (χ4n) is 1.86. The molecule has 0 aromatic heterocycles. The maximum absolute atomic E-state index is 12.9. The van der Waals surface area contributed by atoms with Gasteiger partial charge in [0, 0.05) is 5.69 Å². The van der Waals surface area contributed by atoms with Crippen molar-refractivity contribution in [2.45, 2.75) is 12.5 Å². The molecule has 110 valence electrons. The van der Waals surface area contributed by atoms with Crippen molar-refractivity contribution in [3.05, 3.63) is 66.0 Å². The maximum atomic E-state index is 12.9. The highest BCUT2D eigenvalue weighted by Gasteiger charge is 2.23. The van der Waals surface area contributed by atoms with E-state index in [1.165, 1.54) is 24.3 Å². The van der Waals surface area contributed by atoms with Crippen molar-refractivity contribution in [3.8, 4) is 0 Å². The van der Waals surface area contributed by atoms with Gasteiger partial charge in [-0.3, -0.25) is 0 Å². The molecule has 2 aromatic rings. The Labute approximate surface area is 122 Å². The highest BCUT2D eigenvalue weighted by molar-refractivity contribution is 5.89. The molecule has 0 spiro atoms. The summed E-state index contributed by atoms with van der Waals surface area (Å²) in [5, 5.41) is 15.6. The molecule has 1 atom stereocenters. The Bertz CT molecular complexity index is 597. The summed E-state index contributed by atoms with van der Waals surface area (Å²) in [4.78, 5) is 11.8. The van der Waals surface area contributed by atoms with Crippen molar-refractivity contribution in [1.29, 1.82) is 0 Å². The molecule has 0 heterocycles. The molecule has 3 N–H and O–H groups in total. The summed E-state index contributed by atoms with van der Waals surface area (Å²) in [5.41, 5.74) is -0.0813. The molecule has 0 aliphatic rings. The van der Waals surface area contributed by atoms with Gasteiger partial charge in [-0.1, -0.05) is 30.3 Å². The SMILES string of the molecule is CC(O)(CNC(=O)Nc1ccccc1)c1ccc(F)cc1. The fraction of sp³-hybridized carbons (Fsp3) is 0.188. The molecule has 2 rings (SSSR count). The third-order valence-corrected chi connectivity index (χ3v) is 3.09. The van der Waals surface area contributed by atoms with E-state index in [9.17, 15) is 14.3 Å². The molecule has 0 saturated heterocycles. The second kappa shape index (κ2) is 6.37. The van der Waals surface area contributed by atoms with Gasteiger partial charge in [0.2, 0.25) is 0 Å². The predicted molar refractivity (Wildman–Crippen MR) is 79.4 cm³/mol. The molecular formula is C16H17FN2O2. The Hall–Kier alpha value is -2.40. The number of nitrogens with one attached hydrogen (secondary N) is 2. The molecular weight excluding hydrogens is 271 g/mol. The average molecular weight is 288 g/mol. The van der Waals surface area contributed by atoms with Crippen LogP contribution in [0.2, 0.25) is 0 Å². The number of carbonyl (C=O) groups is 1. The highest BCUT2D eigenvalue weighted by Crippen LogP contribution is 2.19. The van der Waals surface area contributed by atoms with Crippen LogP contribution in [0.4, 0.5) is 14.9 Å². The largest absolute Gasteiger partial charge is 0.384 e. The van der Waals surface area contributed by atoms with Crippen molar-refractivity contribution < 1.29 is 14.3 Å². The van der Waals surface area contributed by atoms with Crippen molar-refractivity contribution in [2.75, 3.05) is 11.9 Å². The third kappa shape index (κ3) is 4.29. The first-order valence-electron chi connectivity index (χ1n) is 6.56. The summed E-state index contributed by atoms with van der Waals surface area (Å²) < 4.78 is 12.9. The van der Waals surface area contributed by atoms with E-state index in [4.69, 9.17) is 0 Å². The lowest BCUT2D eigenvalue weighted by Crippen LogP contribution is -2.40. The second-order valence-electron chi connectivity index (χ2n) is 4.95. The fourth-order valence-corrected chi connectivity index (χ4v) is 1.86. The minimum Gasteiger partial charge on any atom is -0.384 e. The standard InChI is InChI=1S/C16H17FN2O2/c1-16(21,12-7-9-13(17)10-8-12)11-18-15(20)19-14-5-3-2-4-6-14/h2-10,21H,11H2,1H3,(H2,18,19,20). The van der Waals surface area contributed by atoms with Crippen molar-refractivity contribution >= 4 is 11.7 Å². The number of anilines is 1. The van der Waals surface area contributed by atoms with Crippen LogP contribution in [0.25, 0.3) is 0 Å². The van der Waals surface area contributed by atoms with Crippen LogP contribution in [-0.4, -0.2) is 17.7 Å². The van der Waals surface area contributed by atoms with E-state index in [0.29, 0.717) is 11.3 Å². The summed E-state index contributed by atoms with van der Waals surface area (Å²) in [6.07, 6.45) is 0. The summed E-state index contributed by atoms with van der Waals surface area (Å²) in [5.74, 6) is -0.371. The smallest absolute Gasteiger partial charge is 0.319 e. The zero-order chi connectivity index (χ0) is 15.3. The first-order valence-corrected chi connectivity index (χ1v) is 6.56. The molecule has 0 bridgehead atoms. The van der Waals surface area contributed by atoms with Crippen molar-refractivity contribution in [1.82, 2.24) is 5.32 Å². The minimum absolute atomic E-state index is 0.0112. The van der Waals surface area contributed by atoms with Gasteiger partial charge in [-0.25, -0.2) is 9.18 Å². The minimum atomic E-state index is -1.28. The van der Waals surface area contributed by atoms with Crippen LogP contribution < -0.4 is 10.6 Å². The molecule has 0 saturated carbocycles. The van der Waals surface area contributed by atoms with E-state index in [0.717, 1.165) is 0 Å². The molecule has 2 aromatic carbocycles. The molecule has 0 fully saturated rings. The zero-order valence-electron chi connectivity index (χ0n) is 11.6. The van der Waals surface area contributed by atoms with Gasteiger partial charge in [0.05, 0.1) is 6.54 Å². The third-order valence-electron chi connectivity index (χ3n) is 3.09. The number of amides is 2. The number of urea groups is 1. The van der Waals surface area contributed by atoms with Gasteiger partial charge >= 0.3 is 6.03 Å². The van der Waals surface area contributed by atoms with Crippen LogP contribution >= 0.6 is 0 Å². The Morgan fingerprint density at radius 1 is 1.14 bits per heavy atom. The summed E-state index contributed by atoms with van der Waals surface area (Å²) in [7, 11) is 0.